The molecule has 0 aromatic rings. The van der Waals surface area contributed by atoms with Crippen LogP contribution in [0.2, 0.25) is 0 Å². The van der Waals surface area contributed by atoms with E-state index in [2.05, 4.69) is 31.8 Å². The summed E-state index contributed by atoms with van der Waals surface area (Å²) in [6.07, 6.45) is 8.79. The summed E-state index contributed by atoms with van der Waals surface area (Å²) in [4.78, 5) is 9.55. The van der Waals surface area contributed by atoms with Gasteiger partial charge in [-0.15, -0.1) is 0 Å². The van der Waals surface area contributed by atoms with E-state index < -0.39 is 10.0 Å². The molecule has 0 radical (unpaired) electrons. The standard InChI is InChI=1S/C20H39N5O2S/c1-2-21-20(22-10-14-28(26,27)23-15-18-7-6-8-18)25-13-9-19(17-25)16-24-11-4-3-5-12-24/h18-19,23H,2-17H2,1H3,(H,21,22). The Bertz CT molecular complexity index is 600. The fourth-order valence-electron chi connectivity index (χ4n) is 4.39. The number of guanidine groups is 1. The summed E-state index contributed by atoms with van der Waals surface area (Å²) in [5, 5.41) is 3.35. The predicted molar refractivity (Wildman–Crippen MR) is 115 cm³/mol. The van der Waals surface area contributed by atoms with Gasteiger partial charge < -0.3 is 15.1 Å². The molecule has 1 unspecified atom stereocenters. The van der Waals surface area contributed by atoms with E-state index in [-0.39, 0.29) is 5.75 Å². The van der Waals surface area contributed by atoms with Gasteiger partial charge in [-0.05, 0) is 64.0 Å². The van der Waals surface area contributed by atoms with E-state index >= 15 is 0 Å². The van der Waals surface area contributed by atoms with E-state index in [1.165, 1.54) is 51.7 Å². The maximum absolute atomic E-state index is 12.2. The molecule has 28 heavy (non-hydrogen) atoms. The lowest BCUT2D eigenvalue weighted by atomic mass is 9.86. The molecule has 2 aliphatic heterocycles. The number of nitrogens with zero attached hydrogens (tertiary/aromatic N) is 3. The summed E-state index contributed by atoms with van der Waals surface area (Å²) in [5.41, 5.74) is 0. The number of rotatable bonds is 9. The first-order chi connectivity index (χ1) is 13.6. The molecule has 1 aliphatic carbocycles. The number of sulfonamides is 1. The van der Waals surface area contributed by atoms with Crippen molar-refractivity contribution in [1.82, 2.24) is 19.8 Å². The number of piperidine rings is 1. The second-order valence-corrected chi connectivity index (χ2v) is 10.6. The SMILES string of the molecule is CCNC(=NCCS(=O)(=O)NCC1CCC1)N1CCC(CN2CCCCC2)C1. The van der Waals surface area contributed by atoms with E-state index in [1.54, 1.807) is 0 Å². The van der Waals surface area contributed by atoms with Crippen LogP contribution in [0.1, 0.15) is 51.9 Å². The van der Waals surface area contributed by atoms with E-state index in [4.69, 9.17) is 0 Å². The Balaban J connectivity index is 1.44. The van der Waals surface area contributed by atoms with Crippen LogP contribution in [0, 0.1) is 11.8 Å². The molecule has 0 amide bonds. The Morgan fingerprint density at radius 2 is 1.82 bits per heavy atom. The molecule has 0 aromatic carbocycles. The molecule has 8 heteroatoms. The molecular weight excluding hydrogens is 374 g/mol. The van der Waals surface area contributed by atoms with Gasteiger partial charge in [-0.1, -0.05) is 12.8 Å². The number of nitrogens with one attached hydrogen (secondary N) is 2. The van der Waals surface area contributed by atoms with Gasteiger partial charge in [0.1, 0.15) is 0 Å². The molecule has 3 aliphatic rings. The zero-order valence-electron chi connectivity index (χ0n) is 17.5. The van der Waals surface area contributed by atoms with Crippen molar-refractivity contribution in [3.8, 4) is 0 Å². The summed E-state index contributed by atoms with van der Waals surface area (Å²) in [5.74, 6) is 2.17. The van der Waals surface area contributed by atoms with Gasteiger partial charge in [0.05, 0.1) is 12.3 Å². The summed E-state index contributed by atoms with van der Waals surface area (Å²) in [6, 6.07) is 0. The maximum Gasteiger partial charge on any atom is 0.213 e. The Labute approximate surface area is 171 Å². The third-order valence-electron chi connectivity index (χ3n) is 6.32. The Kier molecular flexibility index (Phi) is 8.41. The summed E-state index contributed by atoms with van der Waals surface area (Å²) in [6.45, 7) is 9.49. The van der Waals surface area contributed by atoms with Crippen molar-refractivity contribution in [3.05, 3.63) is 0 Å². The van der Waals surface area contributed by atoms with Gasteiger partial charge in [0.25, 0.3) is 0 Å². The van der Waals surface area contributed by atoms with Crippen LogP contribution in [0.4, 0.5) is 0 Å². The lowest BCUT2D eigenvalue weighted by Crippen LogP contribution is -2.41. The van der Waals surface area contributed by atoms with Gasteiger partial charge in [-0.3, -0.25) is 4.99 Å². The van der Waals surface area contributed by atoms with Crippen molar-refractivity contribution in [3.63, 3.8) is 0 Å². The van der Waals surface area contributed by atoms with E-state index in [0.717, 1.165) is 38.4 Å². The number of likely N-dealkylation sites (tertiary alicyclic amines) is 2. The monoisotopic (exact) mass is 413 g/mol. The molecule has 1 atom stereocenters. The van der Waals surface area contributed by atoms with E-state index in [9.17, 15) is 8.42 Å². The molecule has 3 fully saturated rings. The normalized spacial score (nSPS) is 25.1. The highest BCUT2D eigenvalue weighted by atomic mass is 32.2. The quantitative estimate of drug-likeness (QED) is 0.442. The zero-order chi connectivity index (χ0) is 19.8. The van der Waals surface area contributed by atoms with Crippen LogP contribution in [0.3, 0.4) is 0 Å². The average molecular weight is 414 g/mol. The highest BCUT2D eigenvalue weighted by Crippen LogP contribution is 2.25. The van der Waals surface area contributed by atoms with Crippen LogP contribution >= 0.6 is 0 Å². The first-order valence-corrected chi connectivity index (χ1v) is 12.9. The fourth-order valence-corrected chi connectivity index (χ4v) is 5.36. The molecule has 1 saturated carbocycles. The molecule has 2 N–H and O–H groups in total. The molecular formula is C20H39N5O2S. The fraction of sp³-hybridized carbons (Fsp3) is 0.950. The highest BCUT2D eigenvalue weighted by molar-refractivity contribution is 7.89. The smallest absolute Gasteiger partial charge is 0.213 e. The van der Waals surface area contributed by atoms with Crippen molar-refractivity contribution in [2.24, 2.45) is 16.8 Å². The average Bonchev–Trinajstić information content (AvgIpc) is 3.08. The summed E-state index contributed by atoms with van der Waals surface area (Å²) >= 11 is 0. The predicted octanol–water partition coefficient (Wildman–Crippen LogP) is 1.48. The Morgan fingerprint density at radius 1 is 1.04 bits per heavy atom. The highest BCUT2D eigenvalue weighted by Gasteiger charge is 2.27. The van der Waals surface area contributed by atoms with Gasteiger partial charge in [0, 0.05) is 32.7 Å². The largest absolute Gasteiger partial charge is 0.357 e. The van der Waals surface area contributed by atoms with Crippen LogP contribution in [0.15, 0.2) is 4.99 Å². The van der Waals surface area contributed by atoms with Crippen LogP contribution in [0.25, 0.3) is 0 Å². The van der Waals surface area contributed by atoms with Crippen molar-refractivity contribution >= 4 is 16.0 Å². The summed E-state index contributed by atoms with van der Waals surface area (Å²) in [7, 11) is -3.23. The zero-order valence-corrected chi connectivity index (χ0v) is 18.4. The molecule has 0 aromatic heterocycles. The van der Waals surface area contributed by atoms with Crippen molar-refractivity contribution in [2.75, 3.05) is 58.1 Å². The molecule has 0 bridgehead atoms. The minimum atomic E-state index is -3.23. The topological polar surface area (TPSA) is 77.0 Å². The third kappa shape index (κ3) is 6.88. The minimum Gasteiger partial charge on any atom is -0.357 e. The summed E-state index contributed by atoms with van der Waals surface area (Å²) < 4.78 is 27.1. The van der Waals surface area contributed by atoms with Crippen LogP contribution in [-0.4, -0.2) is 82.3 Å². The second-order valence-electron chi connectivity index (χ2n) is 8.66. The van der Waals surface area contributed by atoms with Crippen LogP contribution in [-0.2, 0) is 10.0 Å². The molecule has 3 rings (SSSR count). The third-order valence-corrected chi connectivity index (χ3v) is 7.65. The van der Waals surface area contributed by atoms with E-state index in [0.29, 0.717) is 24.9 Å². The first-order valence-electron chi connectivity index (χ1n) is 11.3. The lowest BCUT2D eigenvalue weighted by molar-refractivity contribution is 0.198. The second kappa shape index (κ2) is 10.8. The van der Waals surface area contributed by atoms with Crippen LogP contribution in [0.5, 0.6) is 0 Å². The Morgan fingerprint density at radius 3 is 2.50 bits per heavy atom. The van der Waals surface area contributed by atoms with Gasteiger partial charge >= 0.3 is 0 Å². The van der Waals surface area contributed by atoms with Gasteiger partial charge in [-0.2, -0.15) is 0 Å². The van der Waals surface area contributed by atoms with Gasteiger partial charge in [-0.25, -0.2) is 13.1 Å². The van der Waals surface area contributed by atoms with Crippen molar-refractivity contribution in [2.45, 2.75) is 51.9 Å². The first kappa shape index (κ1) is 21.8. The molecule has 2 heterocycles. The molecule has 2 saturated heterocycles. The molecule has 7 nitrogen and oxygen atoms in total. The maximum atomic E-state index is 12.2. The van der Waals surface area contributed by atoms with Gasteiger partial charge in [0.15, 0.2) is 5.96 Å². The van der Waals surface area contributed by atoms with Crippen LogP contribution < -0.4 is 10.0 Å². The molecule has 162 valence electrons. The minimum absolute atomic E-state index is 0.0691. The number of hydrogen-bond acceptors (Lipinski definition) is 4. The molecule has 0 spiro atoms. The lowest BCUT2D eigenvalue weighted by Gasteiger charge is -2.29. The number of aliphatic imine (C=N–C) groups is 1. The van der Waals surface area contributed by atoms with E-state index in [1.807, 2.05) is 0 Å². The van der Waals surface area contributed by atoms with Gasteiger partial charge in [0.2, 0.25) is 10.0 Å². The van der Waals surface area contributed by atoms with Crippen molar-refractivity contribution < 1.29 is 8.42 Å². The number of hydrogen-bond donors (Lipinski definition) is 2. The van der Waals surface area contributed by atoms with Crippen molar-refractivity contribution in [1.29, 1.82) is 0 Å². The Hall–Kier alpha value is -0.860.